The van der Waals surface area contributed by atoms with Crippen molar-refractivity contribution >= 4 is 28.8 Å². The molecule has 102 valence electrons. The van der Waals surface area contributed by atoms with Crippen LogP contribution in [-0.4, -0.2) is 20.7 Å². The summed E-state index contributed by atoms with van der Waals surface area (Å²) in [6.07, 6.45) is 1.45. The van der Waals surface area contributed by atoms with E-state index in [1.807, 2.05) is 0 Å². The highest BCUT2D eigenvalue weighted by Crippen LogP contribution is 2.09. The Labute approximate surface area is 120 Å². The number of nitrogens with one attached hydrogen (secondary N) is 1. The van der Waals surface area contributed by atoms with Gasteiger partial charge >= 0.3 is 0 Å². The number of carbonyl (C=O) groups excluding carboxylic acids is 1. The summed E-state index contributed by atoms with van der Waals surface area (Å²) in [5, 5.41) is 6.47. The van der Waals surface area contributed by atoms with Crippen LogP contribution >= 0.6 is 12.2 Å². The van der Waals surface area contributed by atoms with Gasteiger partial charge in [0.2, 0.25) is 5.91 Å². The van der Waals surface area contributed by atoms with E-state index in [2.05, 4.69) is 10.4 Å². The van der Waals surface area contributed by atoms with Gasteiger partial charge in [-0.1, -0.05) is 12.2 Å². The van der Waals surface area contributed by atoms with E-state index in [-0.39, 0.29) is 18.0 Å². The lowest BCUT2D eigenvalue weighted by Crippen LogP contribution is -2.28. The molecule has 0 bridgehead atoms. The van der Waals surface area contributed by atoms with E-state index >= 15 is 0 Å². The summed E-state index contributed by atoms with van der Waals surface area (Å²) in [6.45, 7) is -0.142. The molecule has 0 aliphatic rings. The summed E-state index contributed by atoms with van der Waals surface area (Å²) in [6, 6.07) is 9.67. The Balaban J connectivity index is 2.03. The molecule has 0 radical (unpaired) electrons. The number of nitrogens with zero attached hydrogens (tertiary/aromatic N) is 2. The minimum atomic E-state index is -0.339. The van der Waals surface area contributed by atoms with E-state index in [4.69, 9.17) is 18.0 Å². The average molecular weight is 288 g/mol. The van der Waals surface area contributed by atoms with E-state index in [0.29, 0.717) is 10.7 Å². The second kappa shape index (κ2) is 6.07. The fourth-order valence-corrected chi connectivity index (χ4v) is 1.70. The third-order valence-electron chi connectivity index (χ3n) is 2.53. The molecule has 0 fully saturated rings. The fourth-order valence-electron chi connectivity index (χ4n) is 1.56. The number of hydrogen-bond donors (Lipinski definition) is 2. The Morgan fingerprint density at radius 1 is 1.30 bits per heavy atom. The second-order valence-electron chi connectivity index (χ2n) is 4.01. The first-order valence-electron chi connectivity index (χ1n) is 5.78. The van der Waals surface area contributed by atoms with Gasteiger partial charge in [-0.3, -0.25) is 9.59 Å². The standard InChI is InChI=1S/C13H12N4O2S/c14-13(20)9-3-5-10(6-4-9)16-11(18)8-17-12(19)2-1-7-15-17/h1-7H,8H2,(H2,14,20)(H,16,18). The van der Waals surface area contributed by atoms with Gasteiger partial charge in [0.1, 0.15) is 11.5 Å². The quantitative estimate of drug-likeness (QED) is 0.800. The first-order chi connectivity index (χ1) is 9.56. The Morgan fingerprint density at radius 3 is 2.60 bits per heavy atom. The number of anilines is 1. The van der Waals surface area contributed by atoms with Gasteiger partial charge in [0, 0.05) is 23.5 Å². The van der Waals surface area contributed by atoms with Gasteiger partial charge in [0.25, 0.3) is 5.56 Å². The van der Waals surface area contributed by atoms with Gasteiger partial charge in [0.05, 0.1) is 0 Å². The number of hydrogen-bond acceptors (Lipinski definition) is 4. The Hall–Kier alpha value is -2.54. The lowest BCUT2D eigenvalue weighted by molar-refractivity contribution is -0.117. The van der Waals surface area contributed by atoms with Crippen LogP contribution < -0.4 is 16.6 Å². The highest BCUT2D eigenvalue weighted by atomic mass is 32.1. The van der Waals surface area contributed by atoms with Crippen LogP contribution in [0.15, 0.2) is 47.4 Å². The summed E-state index contributed by atoms with van der Waals surface area (Å²) in [5.74, 6) is -0.339. The average Bonchev–Trinajstić information content (AvgIpc) is 2.42. The fraction of sp³-hybridized carbons (Fsp3) is 0.0769. The minimum absolute atomic E-state index is 0.142. The Morgan fingerprint density at radius 2 is 2.00 bits per heavy atom. The zero-order valence-electron chi connectivity index (χ0n) is 10.4. The molecule has 0 saturated carbocycles. The Bertz CT molecular complexity index is 694. The van der Waals surface area contributed by atoms with E-state index < -0.39 is 0 Å². The van der Waals surface area contributed by atoms with Crippen LogP contribution in [0.5, 0.6) is 0 Å². The number of rotatable bonds is 4. The van der Waals surface area contributed by atoms with Crippen LogP contribution in [0.25, 0.3) is 0 Å². The number of nitrogens with two attached hydrogens (primary N) is 1. The molecule has 7 heteroatoms. The van der Waals surface area contributed by atoms with Crippen molar-refractivity contribution in [2.24, 2.45) is 5.73 Å². The van der Waals surface area contributed by atoms with Crippen molar-refractivity contribution in [2.45, 2.75) is 6.54 Å². The molecule has 0 saturated heterocycles. The SMILES string of the molecule is NC(=S)c1ccc(NC(=O)Cn2ncccc2=O)cc1. The van der Waals surface area contributed by atoms with Crippen LogP contribution in [0.2, 0.25) is 0 Å². The molecule has 6 nitrogen and oxygen atoms in total. The zero-order valence-corrected chi connectivity index (χ0v) is 11.3. The molecule has 2 rings (SSSR count). The molecule has 20 heavy (non-hydrogen) atoms. The number of thiocarbonyl (C=S) groups is 1. The molecule has 0 aliphatic heterocycles. The largest absolute Gasteiger partial charge is 0.389 e. The molecule has 1 aromatic carbocycles. The number of amides is 1. The zero-order chi connectivity index (χ0) is 14.5. The molecular weight excluding hydrogens is 276 g/mol. The smallest absolute Gasteiger partial charge is 0.267 e. The molecule has 0 unspecified atom stereocenters. The van der Waals surface area contributed by atoms with Crippen molar-refractivity contribution in [3.05, 3.63) is 58.5 Å². The van der Waals surface area contributed by atoms with Gasteiger partial charge in [-0.2, -0.15) is 5.10 Å². The molecular formula is C13H12N4O2S. The van der Waals surface area contributed by atoms with Gasteiger partial charge in [-0.15, -0.1) is 0 Å². The maximum Gasteiger partial charge on any atom is 0.267 e. The van der Waals surface area contributed by atoms with Crippen molar-refractivity contribution < 1.29 is 4.79 Å². The second-order valence-corrected chi connectivity index (χ2v) is 4.45. The first kappa shape index (κ1) is 13.9. The highest BCUT2D eigenvalue weighted by molar-refractivity contribution is 7.80. The number of aromatic nitrogens is 2. The highest BCUT2D eigenvalue weighted by Gasteiger charge is 2.05. The van der Waals surface area contributed by atoms with E-state index in [1.54, 1.807) is 24.3 Å². The number of carbonyl (C=O) groups is 1. The van der Waals surface area contributed by atoms with Gasteiger partial charge in [0.15, 0.2) is 0 Å². The molecule has 0 spiro atoms. The summed E-state index contributed by atoms with van der Waals surface area (Å²) in [4.78, 5) is 23.5. The Kier molecular flexibility index (Phi) is 4.21. The van der Waals surface area contributed by atoms with Crippen molar-refractivity contribution in [3.8, 4) is 0 Å². The molecule has 1 heterocycles. The third-order valence-corrected chi connectivity index (χ3v) is 2.77. The van der Waals surface area contributed by atoms with Gasteiger partial charge in [-0.05, 0) is 30.3 Å². The molecule has 1 aromatic heterocycles. The van der Waals surface area contributed by atoms with Gasteiger partial charge < -0.3 is 11.1 Å². The summed E-state index contributed by atoms with van der Waals surface area (Å²) >= 11 is 4.84. The van der Waals surface area contributed by atoms with E-state index in [9.17, 15) is 9.59 Å². The predicted octanol–water partition coefficient (Wildman–Crippen LogP) is 0.516. The molecule has 3 N–H and O–H groups in total. The van der Waals surface area contributed by atoms with Crippen LogP contribution in [0.1, 0.15) is 5.56 Å². The molecule has 0 aliphatic carbocycles. The summed E-state index contributed by atoms with van der Waals surface area (Å²) < 4.78 is 1.08. The maximum atomic E-state index is 11.8. The van der Waals surface area contributed by atoms with Crippen LogP contribution in [-0.2, 0) is 11.3 Å². The van der Waals surface area contributed by atoms with E-state index in [0.717, 1.165) is 10.2 Å². The van der Waals surface area contributed by atoms with Crippen molar-refractivity contribution in [2.75, 3.05) is 5.32 Å². The summed E-state index contributed by atoms with van der Waals surface area (Å²) in [5.41, 5.74) is 6.47. The van der Waals surface area contributed by atoms with Gasteiger partial charge in [-0.25, -0.2) is 4.68 Å². The van der Waals surface area contributed by atoms with Crippen LogP contribution in [0.4, 0.5) is 5.69 Å². The first-order valence-corrected chi connectivity index (χ1v) is 6.19. The topological polar surface area (TPSA) is 90.0 Å². The molecule has 0 atom stereocenters. The number of benzene rings is 1. The third kappa shape index (κ3) is 3.48. The van der Waals surface area contributed by atoms with Crippen molar-refractivity contribution in [1.82, 2.24) is 9.78 Å². The maximum absolute atomic E-state index is 11.8. The van der Waals surface area contributed by atoms with Crippen LogP contribution in [0.3, 0.4) is 0 Å². The normalized spacial score (nSPS) is 10.0. The van der Waals surface area contributed by atoms with Crippen molar-refractivity contribution in [1.29, 1.82) is 0 Å². The van der Waals surface area contributed by atoms with E-state index in [1.165, 1.54) is 18.3 Å². The van der Waals surface area contributed by atoms with Crippen molar-refractivity contribution in [3.63, 3.8) is 0 Å². The molecule has 2 aromatic rings. The van der Waals surface area contributed by atoms with Crippen LogP contribution in [0, 0.1) is 0 Å². The summed E-state index contributed by atoms with van der Waals surface area (Å²) in [7, 11) is 0. The lowest BCUT2D eigenvalue weighted by Gasteiger charge is -2.07. The monoisotopic (exact) mass is 288 g/mol. The predicted molar refractivity (Wildman–Crippen MR) is 79.5 cm³/mol. The lowest BCUT2D eigenvalue weighted by atomic mass is 10.2. The molecule has 1 amide bonds. The minimum Gasteiger partial charge on any atom is -0.389 e.